The number of nitrogens with zero attached hydrogens (tertiary/aromatic N) is 2. The van der Waals surface area contributed by atoms with E-state index in [1.54, 1.807) is 0 Å². The molecule has 98 valence electrons. The lowest BCUT2D eigenvalue weighted by Crippen LogP contribution is -2.08. The topological polar surface area (TPSA) is 27.1 Å². The lowest BCUT2D eigenvalue weighted by Gasteiger charge is -2.08. The number of aromatic nitrogens is 2. The van der Waals surface area contributed by atoms with Gasteiger partial charge in [-0.05, 0) is 45.1 Å². The first kappa shape index (κ1) is 14.2. The molecular weight excluding hydrogens is 212 g/mol. The maximum absolute atomic E-state index is 5.38. The highest BCUT2D eigenvalue weighted by Crippen LogP contribution is 2.18. The van der Waals surface area contributed by atoms with Gasteiger partial charge < -0.3 is 4.74 Å². The molecular formula is C14H26N2O. The fraction of sp³-hybridized carbons (Fsp3) is 0.786. The molecule has 2 rings (SSSR count). The van der Waals surface area contributed by atoms with Gasteiger partial charge in [0.25, 0.3) is 0 Å². The van der Waals surface area contributed by atoms with Crippen LogP contribution in [0.5, 0.6) is 0 Å². The van der Waals surface area contributed by atoms with E-state index < -0.39 is 0 Å². The van der Waals surface area contributed by atoms with Crippen LogP contribution in [0.4, 0.5) is 0 Å². The quantitative estimate of drug-likeness (QED) is 0.808. The molecule has 1 aliphatic rings. The van der Waals surface area contributed by atoms with Crippen LogP contribution in [0.25, 0.3) is 0 Å². The molecule has 3 nitrogen and oxygen atoms in total. The zero-order valence-electron chi connectivity index (χ0n) is 11.9. The van der Waals surface area contributed by atoms with Gasteiger partial charge in [0.2, 0.25) is 0 Å². The molecule has 0 saturated carbocycles. The molecule has 3 heteroatoms. The van der Waals surface area contributed by atoms with Gasteiger partial charge in [-0.1, -0.05) is 13.8 Å². The number of aryl methyl sites for hydroxylation is 2. The fourth-order valence-corrected chi connectivity index (χ4v) is 2.12. The minimum absolute atomic E-state index is 0.745. The molecule has 1 fully saturated rings. The third kappa shape index (κ3) is 3.56. The van der Waals surface area contributed by atoms with Gasteiger partial charge >= 0.3 is 0 Å². The summed E-state index contributed by atoms with van der Waals surface area (Å²) in [5, 5.41) is 4.55. The van der Waals surface area contributed by atoms with Crippen LogP contribution in [0.1, 0.15) is 43.6 Å². The van der Waals surface area contributed by atoms with Crippen LogP contribution < -0.4 is 0 Å². The summed E-state index contributed by atoms with van der Waals surface area (Å²) in [6.45, 7) is 13.3. The van der Waals surface area contributed by atoms with Crippen LogP contribution in [0.15, 0.2) is 0 Å². The molecule has 1 aromatic heterocycles. The van der Waals surface area contributed by atoms with Gasteiger partial charge in [-0.25, -0.2) is 0 Å². The minimum Gasteiger partial charge on any atom is -0.381 e. The van der Waals surface area contributed by atoms with Crippen LogP contribution in [-0.4, -0.2) is 23.0 Å². The molecule has 0 amide bonds. The van der Waals surface area contributed by atoms with Crippen molar-refractivity contribution in [2.75, 3.05) is 13.2 Å². The third-order valence-corrected chi connectivity index (χ3v) is 3.52. The number of rotatable bonds is 3. The van der Waals surface area contributed by atoms with Crippen molar-refractivity contribution in [3.05, 3.63) is 17.0 Å². The molecule has 0 spiro atoms. The molecule has 2 heterocycles. The molecule has 0 N–H and O–H groups in total. The standard InChI is InChI=1S/C12H20N2O.C2H6/c1-9-10(2)13-14(11(9)3)6-4-12-5-7-15-8-12;1-2/h12H,4-8H2,1-3H3;1-2H3. The summed E-state index contributed by atoms with van der Waals surface area (Å²) in [7, 11) is 0. The van der Waals surface area contributed by atoms with Crippen LogP contribution in [0.2, 0.25) is 0 Å². The zero-order chi connectivity index (χ0) is 12.8. The van der Waals surface area contributed by atoms with E-state index in [1.165, 1.54) is 24.1 Å². The van der Waals surface area contributed by atoms with E-state index in [1.807, 2.05) is 13.8 Å². The van der Waals surface area contributed by atoms with E-state index >= 15 is 0 Å². The van der Waals surface area contributed by atoms with E-state index in [0.717, 1.165) is 31.4 Å². The van der Waals surface area contributed by atoms with E-state index in [2.05, 4.69) is 30.6 Å². The molecule has 1 unspecified atom stereocenters. The Bertz CT molecular complexity index is 338. The van der Waals surface area contributed by atoms with Crippen LogP contribution in [0, 0.1) is 26.7 Å². The second kappa shape index (κ2) is 6.80. The second-order valence-electron chi connectivity index (χ2n) is 4.54. The SMILES string of the molecule is CC.Cc1nn(CCC2CCOC2)c(C)c1C. The Kier molecular flexibility index (Phi) is 5.69. The Labute approximate surface area is 105 Å². The lowest BCUT2D eigenvalue weighted by atomic mass is 10.1. The van der Waals surface area contributed by atoms with Crippen LogP contribution >= 0.6 is 0 Å². The molecule has 0 aliphatic carbocycles. The van der Waals surface area contributed by atoms with Crippen LogP contribution in [0.3, 0.4) is 0 Å². The molecule has 1 atom stereocenters. The first-order valence-electron chi connectivity index (χ1n) is 6.77. The van der Waals surface area contributed by atoms with Gasteiger partial charge in [0.15, 0.2) is 0 Å². The second-order valence-corrected chi connectivity index (χ2v) is 4.54. The van der Waals surface area contributed by atoms with Gasteiger partial charge in [-0.15, -0.1) is 0 Å². The molecule has 1 saturated heterocycles. The largest absolute Gasteiger partial charge is 0.381 e. The summed E-state index contributed by atoms with van der Waals surface area (Å²) in [6.07, 6.45) is 2.42. The minimum atomic E-state index is 0.745. The normalized spacial score (nSPS) is 19.0. The zero-order valence-corrected chi connectivity index (χ0v) is 11.9. The third-order valence-electron chi connectivity index (χ3n) is 3.52. The average molecular weight is 238 g/mol. The lowest BCUT2D eigenvalue weighted by molar-refractivity contribution is 0.183. The van der Waals surface area contributed by atoms with Gasteiger partial charge in [0.05, 0.1) is 5.69 Å². The van der Waals surface area contributed by atoms with Crippen molar-refractivity contribution in [2.45, 2.75) is 54.0 Å². The highest BCUT2D eigenvalue weighted by Gasteiger charge is 2.16. The van der Waals surface area contributed by atoms with Gasteiger partial charge in [-0.3, -0.25) is 4.68 Å². The van der Waals surface area contributed by atoms with Crippen molar-refractivity contribution >= 4 is 0 Å². The highest BCUT2D eigenvalue weighted by molar-refractivity contribution is 5.21. The van der Waals surface area contributed by atoms with E-state index in [9.17, 15) is 0 Å². The highest BCUT2D eigenvalue weighted by atomic mass is 16.5. The summed E-state index contributed by atoms with van der Waals surface area (Å²) in [5.41, 5.74) is 3.80. The molecule has 0 aromatic carbocycles. The smallest absolute Gasteiger partial charge is 0.0625 e. The van der Waals surface area contributed by atoms with Crippen LogP contribution in [-0.2, 0) is 11.3 Å². The van der Waals surface area contributed by atoms with Gasteiger partial charge in [-0.2, -0.15) is 5.10 Å². The van der Waals surface area contributed by atoms with Crippen molar-refractivity contribution in [1.29, 1.82) is 0 Å². The Balaban J connectivity index is 0.000000686. The first-order chi connectivity index (χ1) is 8.18. The Morgan fingerprint density at radius 3 is 2.47 bits per heavy atom. The summed E-state index contributed by atoms with van der Waals surface area (Å²) in [5.74, 6) is 0.745. The number of ether oxygens (including phenoxy) is 1. The van der Waals surface area contributed by atoms with Crippen molar-refractivity contribution in [3.63, 3.8) is 0 Å². The fourth-order valence-electron chi connectivity index (χ4n) is 2.12. The Morgan fingerprint density at radius 2 is 2.00 bits per heavy atom. The summed E-state index contributed by atoms with van der Waals surface area (Å²) in [4.78, 5) is 0. The number of hydrogen-bond acceptors (Lipinski definition) is 2. The van der Waals surface area contributed by atoms with Gasteiger partial charge in [0, 0.05) is 25.5 Å². The Morgan fingerprint density at radius 1 is 1.29 bits per heavy atom. The summed E-state index contributed by atoms with van der Waals surface area (Å²) in [6, 6.07) is 0. The first-order valence-corrected chi connectivity index (χ1v) is 6.77. The van der Waals surface area contributed by atoms with Crippen molar-refractivity contribution in [3.8, 4) is 0 Å². The van der Waals surface area contributed by atoms with Crippen molar-refractivity contribution < 1.29 is 4.74 Å². The summed E-state index contributed by atoms with van der Waals surface area (Å²) >= 11 is 0. The maximum atomic E-state index is 5.38. The predicted octanol–water partition coefficient (Wildman–Crippen LogP) is 3.26. The van der Waals surface area contributed by atoms with E-state index in [0.29, 0.717) is 0 Å². The van der Waals surface area contributed by atoms with Gasteiger partial charge in [0.1, 0.15) is 0 Å². The molecule has 17 heavy (non-hydrogen) atoms. The summed E-state index contributed by atoms with van der Waals surface area (Å²) < 4.78 is 7.52. The monoisotopic (exact) mass is 238 g/mol. The predicted molar refractivity (Wildman–Crippen MR) is 71.3 cm³/mol. The van der Waals surface area contributed by atoms with Crippen molar-refractivity contribution in [1.82, 2.24) is 9.78 Å². The van der Waals surface area contributed by atoms with E-state index in [4.69, 9.17) is 4.74 Å². The van der Waals surface area contributed by atoms with E-state index in [-0.39, 0.29) is 0 Å². The molecule has 0 radical (unpaired) electrons. The Hall–Kier alpha value is -0.830. The maximum Gasteiger partial charge on any atom is 0.0625 e. The average Bonchev–Trinajstić information content (AvgIpc) is 2.94. The molecule has 0 bridgehead atoms. The van der Waals surface area contributed by atoms with Crippen molar-refractivity contribution in [2.24, 2.45) is 5.92 Å². The molecule has 1 aromatic rings. The number of hydrogen-bond donors (Lipinski definition) is 0. The molecule has 1 aliphatic heterocycles.